The maximum absolute atomic E-state index is 9.96. The van der Waals surface area contributed by atoms with Gasteiger partial charge >= 0.3 is 0 Å². The van der Waals surface area contributed by atoms with E-state index in [0.717, 1.165) is 25.2 Å². The predicted molar refractivity (Wildman–Crippen MR) is 60.3 cm³/mol. The van der Waals surface area contributed by atoms with Gasteiger partial charge in [-0.1, -0.05) is 13.8 Å². The van der Waals surface area contributed by atoms with Crippen molar-refractivity contribution in [2.75, 3.05) is 7.05 Å². The van der Waals surface area contributed by atoms with Gasteiger partial charge in [0.25, 0.3) is 0 Å². The molecule has 0 heterocycles. The van der Waals surface area contributed by atoms with E-state index in [1.165, 1.54) is 6.42 Å². The molecule has 1 aliphatic rings. The number of hydrogen-bond donors (Lipinski definition) is 1. The van der Waals surface area contributed by atoms with Gasteiger partial charge in [0, 0.05) is 12.1 Å². The van der Waals surface area contributed by atoms with Crippen molar-refractivity contribution in [3.8, 4) is 0 Å². The smallest absolute Gasteiger partial charge is 0.0695 e. The minimum Gasteiger partial charge on any atom is -0.391 e. The summed E-state index contributed by atoms with van der Waals surface area (Å²) in [7, 11) is 2.15. The first-order valence-electron chi connectivity index (χ1n) is 5.96. The molecule has 1 rings (SSSR count). The average molecular weight is 199 g/mol. The maximum Gasteiger partial charge on any atom is 0.0695 e. The maximum atomic E-state index is 9.96. The van der Waals surface area contributed by atoms with Crippen molar-refractivity contribution in [2.45, 2.75) is 64.6 Å². The first-order chi connectivity index (χ1) is 6.56. The van der Waals surface area contributed by atoms with Crippen LogP contribution in [0.25, 0.3) is 0 Å². The summed E-state index contributed by atoms with van der Waals surface area (Å²) >= 11 is 0. The second kappa shape index (κ2) is 5.13. The molecule has 84 valence electrons. The lowest BCUT2D eigenvalue weighted by atomic mass is 9.84. The standard InChI is InChI=1S/C12H25NO/c1-5-10(3)13(4)11-8-9(2)6-7-12(11)14/h9-12,14H,5-8H2,1-4H3. The minimum absolute atomic E-state index is 0.106. The first kappa shape index (κ1) is 12.0. The predicted octanol–water partition coefficient (Wildman–Crippen LogP) is 2.27. The van der Waals surface area contributed by atoms with Gasteiger partial charge in [0.1, 0.15) is 0 Å². The molecule has 2 nitrogen and oxygen atoms in total. The Morgan fingerprint density at radius 2 is 2.07 bits per heavy atom. The number of hydrogen-bond acceptors (Lipinski definition) is 2. The Hall–Kier alpha value is -0.0800. The molecule has 1 aliphatic carbocycles. The summed E-state index contributed by atoms with van der Waals surface area (Å²) in [5.74, 6) is 0.773. The molecular formula is C12H25NO. The van der Waals surface area contributed by atoms with Crippen molar-refractivity contribution in [3.63, 3.8) is 0 Å². The van der Waals surface area contributed by atoms with Gasteiger partial charge in [-0.05, 0) is 45.6 Å². The highest BCUT2D eigenvalue weighted by Crippen LogP contribution is 2.28. The Bertz CT molecular complexity index is 172. The van der Waals surface area contributed by atoms with Crippen LogP contribution in [0.4, 0.5) is 0 Å². The number of aliphatic hydroxyl groups excluding tert-OH is 1. The lowest BCUT2D eigenvalue weighted by Gasteiger charge is -2.40. The van der Waals surface area contributed by atoms with Gasteiger partial charge in [0.15, 0.2) is 0 Å². The van der Waals surface area contributed by atoms with Crippen LogP contribution in [-0.2, 0) is 0 Å². The molecule has 0 radical (unpaired) electrons. The summed E-state index contributed by atoms with van der Waals surface area (Å²) in [6.45, 7) is 6.75. The summed E-state index contributed by atoms with van der Waals surface area (Å²) in [5.41, 5.74) is 0. The summed E-state index contributed by atoms with van der Waals surface area (Å²) < 4.78 is 0. The summed E-state index contributed by atoms with van der Waals surface area (Å²) in [6.07, 6.45) is 4.37. The molecule has 4 unspecified atom stereocenters. The number of nitrogens with zero attached hydrogens (tertiary/aromatic N) is 1. The second-order valence-corrected chi connectivity index (χ2v) is 4.98. The van der Waals surface area contributed by atoms with Crippen LogP contribution >= 0.6 is 0 Å². The molecule has 0 aromatic rings. The van der Waals surface area contributed by atoms with E-state index >= 15 is 0 Å². The van der Waals surface area contributed by atoms with Gasteiger partial charge in [0.2, 0.25) is 0 Å². The van der Waals surface area contributed by atoms with Crippen molar-refractivity contribution in [1.29, 1.82) is 0 Å². The molecule has 0 saturated heterocycles. The summed E-state index contributed by atoms with van der Waals surface area (Å²) in [5, 5.41) is 9.96. The van der Waals surface area contributed by atoms with E-state index in [1.807, 2.05) is 0 Å². The van der Waals surface area contributed by atoms with Crippen molar-refractivity contribution in [3.05, 3.63) is 0 Å². The summed E-state index contributed by atoms with van der Waals surface area (Å²) in [6, 6.07) is 0.966. The molecule has 1 fully saturated rings. The SMILES string of the molecule is CCC(C)N(C)C1CC(C)CCC1O. The van der Waals surface area contributed by atoms with E-state index in [9.17, 15) is 5.11 Å². The van der Waals surface area contributed by atoms with Gasteiger partial charge < -0.3 is 5.11 Å². The molecule has 0 bridgehead atoms. The van der Waals surface area contributed by atoms with Crippen LogP contribution in [0.1, 0.15) is 46.5 Å². The fraction of sp³-hybridized carbons (Fsp3) is 1.00. The van der Waals surface area contributed by atoms with Crippen LogP contribution in [0.3, 0.4) is 0 Å². The summed E-state index contributed by atoms with van der Waals surface area (Å²) in [4.78, 5) is 2.36. The highest BCUT2D eigenvalue weighted by Gasteiger charge is 2.31. The van der Waals surface area contributed by atoms with Crippen molar-refractivity contribution >= 4 is 0 Å². The second-order valence-electron chi connectivity index (χ2n) is 4.98. The topological polar surface area (TPSA) is 23.5 Å². The van der Waals surface area contributed by atoms with Crippen LogP contribution in [0, 0.1) is 5.92 Å². The molecule has 1 saturated carbocycles. The fourth-order valence-corrected chi connectivity index (χ4v) is 2.39. The van der Waals surface area contributed by atoms with E-state index < -0.39 is 0 Å². The largest absolute Gasteiger partial charge is 0.391 e. The normalized spacial score (nSPS) is 36.0. The molecule has 0 amide bonds. The molecule has 14 heavy (non-hydrogen) atoms. The zero-order valence-corrected chi connectivity index (χ0v) is 10.0. The Labute approximate surface area is 88.3 Å². The number of likely N-dealkylation sites (N-methyl/N-ethyl adjacent to an activating group) is 1. The quantitative estimate of drug-likeness (QED) is 0.753. The number of aliphatic hydroxyl groups is 1. The molecular weight excluding hydrogens is 174 g/mol. The molecule has 0 spiro atoms. The van der Waals surface area contributed by atoms with E-state index in [1.54, 1.807) is 0 Å². The van der Waals surface area contributed by atoms with E-state index in [2.05, 4.69) is 32.7 Å². The zero-order chi connectivity index (χ0) is 10.7. The molecule has 0 aliphatic heterocycles. The lowest BCUT2D eigenvalue weighted by Crippen LogP contribution is -2.48. The van der Waals surface area contributed by atoms with Gasteiger partial charge in [0.05, 0.1) is 6.10 Å². The van der Waals surface area contributed by atoms with Gasteiger partial charge in [-0.15, -0.1) is 0 Å². The Balaban J connectivity index is 2.55. The van der Waals surface area contributed by atoms with Gasteiger partial charge in [-0.2, -0.15) is 0 Å². The Morgan fingerprint density at radius 3 is 2.64 bits per heavy atom. The van der Waals surface area contributed by atoms with E-state index in [0.29, 0.717) is 12.1 Å². The first-order valence-corrected chi connectivity index (χ1v) is 5.96. The fourth-order valence-electron chi connectivity index (χ4n) is 2.39. The zero-order valence-electron chi connectivity index (χ0n) is 10.0. The third-order valence-corrected chi connectivity index (χ3v) is 3.85. The van der Waals surface area contributed by atoms with Gasteiger partial charge in [-0.3, -0.25) is 4.90 Å². The molecule has 0 aromatic heterocycles. The van der Waals surface area contributed by atoms with Crippen LogP contribution in [0.2, 0.25) is 0 Å². The molecule has 2 heteroatoms. The average Bonchev–Trinajstić information content (AvgIpc) is 2.19. The third kappa shape index (κ3) is 2.71. The van der Waals surface area contributed by atoms with E-state index in [-0.39, 0.29) is 6.10 Å². The molecule has 1 N–H and O–H groups in total. The van der Waals surface area contributed by atoms with Crippen LogP contribution in [0.5, 0.6) is 0 Å². The Morgan fingerprint density at radius 1 is 1.43 bits per heavy atom. The highest BCUT2D eigenvalue weighted by atomic mass is 16.3. The lowest BCUT2D eigenvalue weighted by molar-refractivity contribution is 0.00157. The van der Waals surface area contributed by atoms with Crippen LogP contribution in [0.15, 0.2) is 0 Å². The van der Waals surface area contributed by atoms with Crippen molar-refractivity contribution in [2.24, 2.45) is 5.92 Å². The van der Waals surface area contributed by atoms with Gasteiger partial charge in [-0.25, -0.2) is 0 Å². The minimum atomic E-state index is -0.106. The Kier molecular flexibility index (Phi) is 4.39. The molecule has 4 atom stereocenters. The van der Waals surface area contributed by atoms with Crippen molar-refractivity contribution in [1.82, 2.24) is 4.90 Å². The third-order valence-electron chi connectivity index (χ3n) is 3.85. The highest BCUT2D eigenvalue weighted by molar-refractivity contribution is 4.85. The van der Waals surface area contributed by atoms with Crippen molar-refractivity contribution < 1.29 is 5.11 Å². The monoisotopic (exact) mass is 199 g/mol. The number of rotatable bonds is 3. The van der Waals surface area contributed by atoms with Crippen LogP contribution < -0.4 is 0 Å². The molecule has 0 aromatic carbocycles. The van der Waals surface area contributed by atoms with Crippen LogP contribution in [-0.4, -0.2) is 35.2 Å². The van der Waals surface area contributed by atoms with E-state index in [4.69, 9.17) is 0 Å².